The second-order valence-corrected chi connectivity index (χ2v) is 7.34. The summed E-state index contributed by atoms with van der Waals surface area (Å²) >= 11 is 0. The van der Waals surface area contributed by atoms with Crippen molar-refractivity contribution >= 4 is 7.37 Å². The van der Waals surface area contributed by atoms with Crippen molar-refractivity contribution in [3.8, 4) is 0 Å². The van der Waals surface area contributed by atoms with Gasteiger partial charge in [-0.25, -0.2) is 0 Å². The highest BCUT2D eigenvalue weighted by atomic mass is 31.2. The van der Waals surface area contributed by atoms with Crippen LogP contribution in [-0.4, -0.2) is 17.7 Å². The Kier molecular flexibility index (Phi) is 4.50. The molecule has 1 atom stereocenters. The van der Waals surface area contributed by atoms with E-state index >= 15 is 0 Å². The molecule has 0 aromatic carbocycles. The molecular weight excluding hydrogens is 171 g/mol. The van der Waals surface area contributed by atoms with Crippen LogP contribution in [0.1, 0.15) is 40.0 Å². The molecule has 0 spiro atoms. The molecule has 0 saturated carbocycles. The van der Waals surface area contributed by atoms with Crippen molar-refractivity contribution in [1.82, 2.24) is 0 Å². The first-order chi connectivity index (χ1) is 5.21. The summed E-state index contributed by atoms with van der Waals surface area (Å²) in [6.07, 6.45) is 3.54. The van der Waals surface area contributed by atoms with Crippen LogP contribution in [0, 0.1) is 5.41 Å². The summed E-state index contributed by atoms with van der Waals surface area (Å²) in [5.41, 5.74) is 0.354. The minimum atomic E-state index is -2.75. The summed E-state index contributed by atoms with van der Waals surface area (Å²) in [7, 11) is -2.75. The first kappa shape index (κ1) is 12.2. The van der Waals surface area contributed by atoms with Crippen LogP contribution in [0.5, 0.6) is 0 Å². The second kappa shape index (κ2) is 4.43. The molecule has 0 heterocycles. The Morgan fingerprint density at radius 3 is 2.08 bits per heavy atom. The number of unbranched alkanes of at least 4 members (excludes halogenated alkanes) is 1. The fourth-order valence-electron chi connectivity index (χ4n) is 1.06. The maximum absolute atomic E-state index is 10.9. The average Bonchev–Trinajstić information content (AvgIpc) is 1.76. The Balaban J connectivity index is 3.41. The molecule has 1 unspecified atom stereocenters. The first-order valence-corrected chi connectivity index (χ1v) is 6.79. The van der Waals surface area contributed by atoms with Crippen molar-refractivity contribution in [1.29, 1.82) is 0 Å². The lowest BCUT2D eigenvalue weighted by atomic mass is 9.90. The van der Waals surface area contributed by atoms with E-state index in [2.05, 4.69) is 20.8 Å². The van der Waals surface area contributed by atoms with E-state index < -0.39 is 7.37 Å². The van der Waals surface area contributed by atoms with E-state index in [1.165, 1.54) is 6.66 Å². The molecule has 12 heavy (non-hydrogen) atoms. The monoisotopic (exact) mass is 192 g/mol. The zero-order valence-electron chi connectivity index (χ0n) is 8.63. The van der Waals surface area contributed by atoms with Gasteiger partial charge in [-0.05, 0) is 18.3 Å². The predicted octanol–water partition coefficient (Wildman–Crippen LogP) is 3.10. The van der Waals surface area contributed by atoms with E-state index in [1.54, 1.807) is 0 Å². The number of hydrogen-bond acceptors (Lipinski definition) is 1. The molecular formula is C9H21O2P. The lowest BCUT2D eigenvalue weighted by Crippen LogP contribution is -2.04. The van der Waals surface area contributed by atoms with Crippen LogP contribution >= 0.6 is 7.37 Å². The van der Waals surface area contributed by atoms with E-state index in [4.69, 9.17) is 4.89 Å². The van der Waals surface area contributed by atoms with Crippen LogP contribution in [0.4, 0.5) is 0 Å². The summed E-state index contributed by atoms with van der Waals surface area (Å²) in [5.74, 6) is 0. The molecule has 1 N–H and O–H groups in total. The summed E-state index contributed by atoms with van der Waals surface area (Å²) in [4.78, 5) is 9.00. The molecule has 0 aromatic rings. The molecule has 0 amide bonds. The Morgan fingerprint density at radius 1 is 1.25 bits per heavy atom. The van der Waals surface area contributed by atoms with Gasteiger partial charge in [-0.3, -0.25) is 4.57 Å². The maximum Gasteiger partial charge on any atom is 0.197 e. The summed E-state index contributed by atoms with van der Waals surface area (Å²) < 4.78 is 10.9. The third kappa shape index (κ3) is 10.2. The minimum absolute atomic E-state index is 0.354. The highest BCUT2D eigenvalue weighted by Gasteiger charge is 2.12. The molecule has 0 aromatic heterocycles. The largest absolute Gasteiger partial charge is 0.344 e. The van der Waals surface area contributed by atoms with Crippen molar-refractivity contribution in [2.75, 3.05) is 12.8 Å². The van der Waals surface area contributed by atoms with Gasteiger partial charge in [0.1, 0.15) is 0 Å². The fraction of sp³-hybridized carbons (Fsp3) is 1.00. The maximum atomic E-state index is 10.9. The average molecular weight is 192 g/mol. The van der Waals surface area contributed by atoms with Crippen LogP contribution in [0.15, 0.2) is 0 Å². The van der Waals surface area contributed by atoms with Gasteiger partial charge in [0.2, 0.25) is 0 Å². The normalized spacial score (nSPS) is 17.4. The van der Waals surface area contributed by atoms with Crippen LogP contribution in [0.3, 0.4) is 0 Å². The summed E-state index contributed by atoms with van der Waals surface area (Å²) in [6, 6.07) is 0. The lowest BCUT2D eigenvalue weighted by molar-refractivity contribution is 0.362. The number of rotatable bonds is 4. The summed E-state index contributed by atoms with van der Waals surface area (Å²) in [6.45, 7) is 8.01. The molecule has 3 heteroatoms. The molecule has 0 bridgehead atoms. The Labute approximate surface area is 75.8 Å². The van der Waals surface area contributed by atoms with Crippen LogP contribution in [-0.2, 0) is 4.57 Å². The van der Waals surface area contributed by atoms with E-state index in [0.717, 1.165) is 19.3 Å². The molecule has 2 nitrogen and oxygen atoms in total. The van der Waals surface area contributed by atoms with Crippen molar-refractivity contribution < 1.29 is 9.46 Å². The third-order valence-corrected chi connectivity index (χ3v) is 2.90. The van der Waals surface area contributed by atoms with Gasteiger partial charge in [0.05, 0.1) is 0 Å². The van der Waals surface area contributed by atoms with Crippen LogP contribution in [0.2, 0.25) is 0 Å². The van der Waals surface area contributed by atoms with Gasteiger partial charge >= 0.3 is 0 Å². The Hall–Kier alpha value is 0.190. The van der Waals surface area contributed by atoms with Crippen molar-refractivity contribution in [3.63, 3.8) is 0 Å². The zero-order valence-corrected chi connectivity index (χ0v) is 9.53. The van der Waals surface area contributed by atoms with E-state index in [9.17, 15) is 4.57 Å². The van der Waals surface area contributed by atoms with Crippen molar-refractivity contribution in [3.05, 3.63) is 0 Å². The first-order valence-electron chi connectivity index (χ1n) is 4.50. The smallest absolute Gasteiger partial charge is 0.197 e. The van der Waals surface area contributed by atoms with Crippen LogP contribution in [0.25, 0.3) is 0 Å². The van der Waals surface area contributed by atoms with Crippen LogP contribution < -0.4 is 0 Å². The van der Waals surface area contributed by atoms with Gasteiger partial charge in [-0.2, -0.15) is 0 Å². The van der Waals surface area contributed by atoms with Crippen molar-refractivity contribution in [2.24, 2.45) is 5.41 Å². The standard InChI is InChI=1S/C9H21O2P/c1-9(2,3)7-5-6-8-12(4,10)11/h5-8H2,1-4H3,(H,10,11). The minimum Gasteiger partial charge on any atom is -0.344 e. The second-order valence-electron chi connectivity index (χ2n) is 4.79. The van der Waals surface area contributed by atoms with Gasteiger partial charge in [-0.15, -0.1) is 0 Å². The topological polar surface area (TPSA) is 37.3 Å². The predicted molar refractivity (Wildman–Crippen MR) is 53.9 cm³/mol. The Morgan fingerprint density at radius 2 is 1.75 bits per heavy atom. The zero-order chi connectivity index (χ0) is 9.83. The molecule has 0 aliphatic rings. The SMILES string of the molecule is CC(C)(C)CCCCP(C)(=O)O. The van der Waals surface area contributed by atoms with Gasteiger partial charge in [0, 0.05) is 12.8 Å². The molecule has 0 fully saturated rings. The van der Waals surface area contributed by atoms with Gasteiger partial charge in [0.25, 0.3) is 0 Å². The third-order valence-electron chi connectivity index (χ3n) is 1.75. The molecule has 0 radical (unpaired) electrons. The van der Waals surface area contributed by atoms with E-state index in [1.807, 2.05) is 0 Å². The fourth-order valence-corrected chi connectivity index (χ4v) is 1.87. The van der Waals surface area contributed by atoms with E-state index in [-0.39, 0.29) is 0 Å². The highest BCUT2D eigenvalue weighted by Crippen LogP contribution is 2.36. The Bertz CT molecular complexity index is 164. The van der Waals surface area contributed by atoms with Gasteiger partial charge in [-0.1, -0.05) is 27.2 Å². The van der Waals surface area contributed by atoms with Gasteiger partial charge in [0.15, 0.2) is 7.37 Å². The molecule has 0 aliphatic carbocycles. The van der Waals surface area contributed by atoms with Crippen molar-refractivity contribution in [2.45, 2.75) is 40.0 Å². The van der Waals surface area contributed by atoms with E-state index in [0.29, 0.717) is 11.6 Å². The highest BCUT2D eigenvalue weighted by molar-refractivity contribution is 7.57. The molecule has 0 saturated heterocycles. The lowest BCUT2D eigenvalue weighted by Gasteiger charge is -2.17. The number of hydrogen-bond donors (Lipinski definition) is 1. The van der Waals surface area contributed by atoms with Gasteiger partial charge < -0.3 is 4.89 Å². The molecule has 0 aliphatic heterocycles. The molecule has 0 rings (SSSR count). The quantitative estimate of drug-likeness (QED) is 0.549. The molecule has 74 valence electrons. The summed E-state index contributed by atoms with van der Waals surface area (Å²) in [5, 5.41) is 0.